The molecule has 0 unspecified atom stereocenters. The van der Waals surface area contributed by atoms with Gasteiger partial charge in [0.25, 0.3) is 0 Å². The number of piperidine rings is 1. The van der Waals surface area contributed by atoms with E-state index in [4.69, 9.17) is 4.74 Å². The first kappa shape index (κ1) is 24.4. The first-order valence-electron chi connectivity index (χ1n) is 11.2. The molecule has 1 saturated heterocycles. The van der Waals surface area contributed by atoms with Crippen molar-refractivity contribution in [2.75, 3.05) is 18.4 Å². The maximum absolute atomic E-state index is 13.2. The third-order valence-electron chi connectivity index (χ3n) is 5.55. The van der Waals surface area contributed by atoms with Crippen LogP contribution in [0.25, 0.3) is 0 Å². The summed E-state index contributed by atoms with van der Waals surface area (Å²) in [5.41, 5.74) is 0.0444. The van der Waals surface area contributed by atoms with Crippen LogP contribution in [0.2, 0.25) is 0 Å². The predicted molar refractivity (Wildman–Crippen MR) is 128 cm³/mol. The van der Waals surface area contributed by atoms with Crippen molar-refractivity contribution in [1.82, 2.24) is 14.1 Å². The Labute approximate surface area is 202 Å². The number of aromatic nitrogens is 2. The first-order valence-corrected chi connectivity index (χ1v) is 12.6. The van der Waals surface area contributed by atoms with Crippen LogP contribution in [0.15, 0.2) is 65.8 Å². The molecule has 184 valence electrons. The normalized spacial score (nSPS) is 14.4. The Kier molecular flexibility index (Phi) is 7.42. The van der Waals surface area contributed by atoms with Crippen molar-refractivity contribution in [2.24, 2.45) is 0 Å². The van der Waals surface area contributed by atoms with Gasteiger partial charge in [-0.1, -0.05) is 24.6 Å². The quantitative estimate of drug-likeness (QED) is 0.349. The van der Waals surface area contributed by atoms with Crippen LogP contribution >= 0.6 is 0 Å². The highest BCUT2D eigenvalue weighted by Gasteiger charge is 2.27. The van der Waals surface area contributed by atoms with E-state index < -0.39 is 20.9 Å². The van der Waals surface area contributed by atoms with E-state index in [1.807, 2.05) is 6.07 Å². The summed E-state index contributed by atoms with van der Waals surface area (Å²) in [6.07, 6.45) is 4.93. The molecular formula is C23H25N5O6S. The summed E-state index contributed by atoms with van der Waals surface area (Å²) in [5.74, 6) is 0.393. The highest BCUT2D eigenvalue weighted by molar-refractivity contribution is 7.89. The number of hydrogen-bond donors (Lipinski definition) is 1. The van der Waals surface area contributed by atoms with Gasteiger partial charge in [0.15, 0.2) is 5.75 Å². The van der Waals surface area contributed by atoms with Crippen LogP contribution in [0.1, 0.15) is 25.7 Å². The highest BCUT2D eigenvalue weighted by atomic mass is 32.2. The SMILES string of the molecule is O=C(CCn1cc([N+](=O)[O-])cn1)Nc1cc(S(=O)(=O)N2CCCCC2)ccc1Oc1ccccc1. The maximum atomic E-state index is 13.2. The van der Waals surface area contributed by atoms with Crippen LogP contribution in [0.5, 0.6) is 11.5 Å². The van der Waals surface area contributed by atoms with E-state index >= 15 is 0 Å². The summed E-state index contributed by atoms with van der Waals surface area (Å²) >= 11 is 0. The number of carbonyl (C=O) groups excluding carboxylic acids is 1. The third kappa shape index (κ3) is 6.03. The molecule has 3 aromatic rings. The molecule has 1 N–H and O–H groups in total. The topological polar surface area (TPSA) is 137 Å². The van der Waals surface area contributed by atoms with Crippen LogP contribution in [-0.4, -0.2) is 46.4 Å². The lowest BCUT2D eigenvalue weighted by molar-refractivity contribution is -0.385. The fourth-order valence-electron chi connectivity index (χ4n) is 3.72. The molecule has 0 saturated carbocycles. The molecule has 1 fully saturated rings. The molecule has 12 heteroatoms. The lowest BCUT2D eigenvalue weighted by Crippen LogP contribution is -2.35. The molecule has 0 bridgehead atoms. The van der Waals surface area contributed by atoms with Gasteiger partial charge in [0.05, 0.1) is 15.5 Å². The minimum atomic E-state index is -3.72. The number of amides is 1. The van der Waals surface area contributed by atoms with Crippen LogP contribution in [0.3, 0.4) is 0 Å². The molecule has 2 heterocycles. The van der Waals surface area contributed by atoms with Crippen molar-refractivity contribution in [2.45, 2.75) is 37.1 Å². The lowest BCUT2D eigenvalue weighted by atomic mass is 10.2. The number of nitrogens with one attached hydrogen (secondary N) is 1. The Morgan fingerprint density at radius 2 is 1.86 bits per heavy atom. The summed E-state index contributed by atoms with van der Waals surface area (Å²) in [5, 5.41) is 17.4. The Bertz CT molecular complexity index is 1300. The van der Waals surface area contributed by atoms with Crippen LogP contribution in [0.4, 0.5) is 11.4 Å². The standard InChI is InChI=1S/C23H25N5O6S/c29-23(11-14-26-17-18(16-24-26)28(30)31)25-21-15-20(35(32,33)27-12-5-2-6-13-27)9-10-22(21)34-19-7-3-1-4-8-19/h1,3-4,7-10,15-17H,2,5-6,11-14H2,(H,25,29). The zero-order valence-corrected chi connectivity index (χ0v) is 19.7. The second kappa shape index (κ2) is 10.7. The smallest absolute Gasteiger partial charge is 0.306 e. The van der Waals surface area contributed by atoms with Crippen molar-refractivity contribution in [3.8, 4) is 11.5 Å². The summed E-state index contributed by atoms with van der Waals surface area (Å²) < 4.78 is 35.0. The van der Waals surface area contributed by atoms with Gasteiger partial charge in [-0.05, 0) is 43.2 Å². The first-order chi connectivity index (χ1) is 16.8. The zero-order chi connectivity index (χ0) is 24.8. The lowest BCUT2D eigenvalue weighted by Gasteiger charge is -2.26. The van der Waals surface area contributed by atoms with Gasteiger partial charge in [0, 0.05) is 26.1 Å². The van der Waals surface area contributed by atoms with Gasteiger partial charge in [-0.15, -0.1) is 0 Å². The van der Waals surface area contributed by atoms with Crippen LogP contribution in [0, 0.1) is 10.1 Å². The van der Waals surface area contributed by atoms with E-state index in [1.165, 1.54) is 33.4 Å². The van der Waals surface area contributed by atoms with Crippen molar-refractivity contribution in [3.05, 3.63) is 71.0 Å². The molecule has 0 spiro atoms. The number of aryl methyl sites for hydroxylation is 1. The van der Waals surface area contributed by atoms with E-state index in [2.05, 4.69) is 10.4 Å². The molecule has 11 nitrogen and oxygen atoms in total. The predicted octanol–water partition coefficient (Wildman–Crippen LogP) is 3.79. The van der Waals surface area contributed by atoms with Crippen LogP contribution < -0.4 is 10.1 Å². The summed E-state index contributed by atoms with van der Waals surface area (Å²) in [7, 11) is -3.72. The van der Waals surface area contributed by atoms with Gasteiger partial charge in [-0.25, -0.2) is 8.42 Å². The Morgan fingerprint density at radius 1 is 1.11 bits per heavy atom. The molecule has 35 heavy (non-hydrogen) atoms. The molecule has 0 aliphatic carbocycles. The largest absolute Gasteiger partial charge is 0.455 e. The average molecular weight is 500 g/mol. The second-order valence-electron chi connectivity index (χ2n) is 8.05. The van der Waals surface area contributed by atoms with Crippen molar-refractivity contribution >= 4 is 27.3 Å². The maximum Gasteiger partial charge on any atom is 0.306 e. The Morgan fingerprint density at radius 3 is 2.54 bits per heavy atom. The molecule has 1 amide bonds. The van der Waals surface area contributed by atoms with Gasteiger partial charge in [0.2, 0.25) is 15.9 Å². The number of sulfonamides is 1. The molecule has 1 aliphatic heterocycles. The minimum Gasteiger partial charge on any atom is -0.455 e. The monoisotopic (exact) mass is 499 g/mol. The molecule has 1 aliphatic rings. The highest BCUT2D eigenvalue weighted by Crippen LogP contribution is 2.33. The number of hydrogen-bond acceptors (Lipinski definition) is 7. The molecule has 1 aromatic heterocycles. The van der Waals surface area contributed by atoms with Gasteiger partial charge in [0.1, 0.15) is 18.1 Å². The van der Waals surface area contributed by atoms with Crippen molar-refractivity contribution in [1.29, 1.82) is 0 Å². The van der Waals surface area contributed by atoms with Gasteiger partial charge < -0.3 is 10.1 Å². The minimum absolute atomic E-state index is 0.0350. The summed E-state index contributed by atoms with van der Waals surface area (Å²) in [6, 6.07) is 13.3. The van der Waals surface area contributed by atoms with E-state index in [1.54, 1.807) is 24.3 Å². The fraction of sp³-hybridized carbons (Fsp3) is 0.304. The molecule has 4 rings (SSSR count). The third-order valence-corrected chi connectivity index (χ3v) is 7.44. The number of ether oxygens (including phenoxy) is 1. The average Bonchev–Trinajstić information content (AvgIpc) is 3.35. The molecule has 0 radical (unpaired) electrons. The molecule has 0 atom stereocenters. The van der Waals surface area contributed by atoms with E-state index in [9.17, 15) is 23.3 Å². The van der Waals surface area contributed by atoms with Crippen LogP contribution in [-0.2, 0) is 21.4 Å². The molecular weight excluding hydrogens is 474 g/mol. The van der Waals surface area contributed by atoms with E-state index in [0.717, 1.165) is 25.5 Å². The number of benzene rings is 2. The zero-order valence-electron chi connectivity index (χ0n) is 18.9. The Balaban J connectivity index is 1.55. The summed E-state index contributed by atoms with van der Waals surface area (Å²) in [4.78, 5) is 23.0. The van der Waals surface area contributed by atoms with Crippen molar-refractivity contribution in [3.63, 3.8) is 0 Å². The van der Waals surface area contributed by atoms with E-state index in [-0.39, 0.29) is 35.0 Å². The number of carbonyl (C=O) groups is 1. The van der Waals surface area contributed by atoms with Gasteiger partial charge in [-0.3, -0.25) is 19.6 Å². The van der Waals surface area contributed by atoms with Gasteiger partial charge in [-0.2, -0.15) is 9.40 Å². The van der Waals surface area contributed by atoms with Crippen molar-refractivity contribution < 1.29 is 22.9 Å². The van der Waals surface area contributed by atoms with E-state index in [0.29, 0.717) is 18.8 Å². The second-order valence-corrected chi connectivity index (χ2v) is 9.99. The molecule has 2 aromatic carbocycles. The Hall–Kier alpha value is -3.77. The number of rotatable bonds is 9. The fourth-order valence-corrected chi connectivity index (χ4v) is 5.27. The van der Waals surface area contributed by atoms with Gasteiger partial charge >= 0.3 is 5.69 Å². The number of para-hydroxylation sites is 1. The number of anilines is 1. The number of nitro groups is 1. The summed E-state index contributed by atoms with van der Waals surface area (Å²) in [6.45, 7) is 1.03. The number of nitrogens with zero attached hydrogens (tertiary/aromatic N) is 4.